The zero-order valence-electron chi connectivity index (χ0n) is 10.4. The van der Waals surface area contributed by atoms with Crippen LogP contribution in [0.25, 0.3) is 0 Å². The average molecular weight is 304 g/mol. The van der Waals surface area contributed by atoms with Crippen LogP contribution in [0.5, 0.6) is 0 Å². The zero-order chi connectivity index (χ0) is 14.2. The first-order valence-corrected chi connectivity index (χ1v) is 6.43. The zero-order valence-corrected chi connectivity index (χ0v) is 11.9. The van der Waals surface area contributed by atoms with Crippen molar-refractivity contribution in [1.29, 1.82) is 0 Å². The first-order valence-electron chi connectivity index (χ1n) is 5.67. The second kappa shape index (κ2) is 4.98. The number of hydrogen-bond acceptors (Lipinski definition) is 2. The smallest absolute Gasteiger partial charge is 0.256 e. The van der Waals surface area contributed by atoms with E-state index in [1.54, 1.807) is 6.92 Å². The largest absolute Gasteiger partial charge is 0.338 e. The minimum absolute atomic E-state index is 0.0850. The molecule has 2 N–H and O–H groups in total. The third-order valence-corrected chi connectivity index (χ3v) is 3.52. The van der Waals surface area contributed by atoms with E-state index in [1.165, 1.54) is 6.07 Å². The number of nitrogens with zero attached hydrogens (tertiary/aromatic N) is 1. The normalized spacial score (nSPS) is 24.5. The van der Waals surface area contributed by atoms with Crippen LogP contribution >= 0.6 is 23.2 Å². The lowest BCUT2D eigenvalue weighted by Gasteiger charge is -2.23. The lowest BCUT2D eigenvalue weighted by atomic mass is 9.92. The molecule has 102 valence electrons. The van der Waals surface area contributed by atoms with Crippen molar-refractivity contribution in [3.8, 4) is 0 Å². The minimum Gasteiger partial charge on any atom is -0.338 e. The number of carbonyl (C=O) groups is 1. The molecule has 2 rings (SSSR count). The predicted molar refractivity (Wildman–Crippen MR) is 73.0 cm³/mol. The van der Waals surface area contributed by atoms with Crippen molar-refractivity contribution in [1.82, 2.24) is 10.6 Å². The Morgan fingerprint density at radius 2 is 2.05 bits per heavy atom. The fraction of sp³-hybridized carbons (Fsp3) is 0.333. The number of amides is 1. The predicted octanol–water partition coefficient (Wildman–Crippen LogP) is 2.44. The third kappa shape index (κ3) is 2.40. The van der Waals surface area contributed by atoms with Crippen LogP contribution in [0.15, 0.2) is 17.1 Å². The molecule has 1 amide bonds. The molecule has 0 bridgehead atoms. The summed E-state index contributed by atoms with van der Waals surface area (Å²) in [6.45, 7) is 3.96. The molecule has 0 aromatic heterocycles. The molecule has 1 aromatic rings. The number of aliphatic imine (C=N–C) groups is 1. The van der Waals surface area contributed by atoms with E-state index in [4.69, 9.17) is 23.2 Å². The van der Waals surface area contributed by atoms with Crippen LogP contribution in [0.4, 0.5) is 4.39 Å². The lowest BCUT2D eigenvalue weighted by Crippen LogP contribution is -2.41. The molecule has 1 aromatic carbocycles. The van der Waals surface area contributed by atoms with E-state index >= 15 is 0 Å². The Bertz CT molecular complexity index is 576. The van der Waals surface area contributed by atoms with E-state index < -0.39 is 11.4 Å². The van der Waals surface area contributed by atoms with E-state index in [1.807, 2.05) is 6.92 Å². The minimum atomic E-state index is -1.17. The Morgan fingerprint density at radius 1 is 1.37 bits per heavy atom. The Kier molecular flexibility index (Phi) is 3.69. The molecule has 0 radical (unpaired) electrons. The van der Waals surface area contributed by atoms with Gasteiger partial charge in [-0.15, -0.1) is 0 Å². The molecular formula is C12H12Cl2FN3O. The Hall–Kier alpha value is -1.33. The second-order valence-electron chi connectivity index (χ2n) is 4.27. The number of halogens is 3. The van der Waals surface area contributed by atoms with Gasteiger partial charge in [0.15, 0.2) is 5.96 Å². The van der Waals surface area contributed by atoms with Crippen LogP contribution in [-0.4, -0.2) is 18.4 Å². The molecule has 0 aliphatic carbocycles. The molecule has 0 spiro atoms. The van der Waals surface area contributed by atoms with Gasteiger partial charge in [0.05, 0.1) is 5.02 Å². The van der Waals surface area contributed by atoms with Crippen molar-refractivity contribution < 1.29 is 9.18 Å². The number of benzene rings is 1. The molecule has 19 heavy (non-hydrogen) atoms. The highest BCUT2D eigenvalue weighted by Gasteiger charge is 2.44. The maximum atomic E-state index is 13.6. The van der Waals surface area contributed by atoms with Gasteiger partial charge in [0.2, 0.25) is 0 Å². The number of carbonyl (C=O) groups excluding carboxylic acids is 1. The SMILES string of the molecule is CCN=C1NC(=O)C(C)(c2cc(F)c(Cl)cc2Cl)N1. The van der Waals surface area contributed by atoms with Crippen LogP contribution in [-0.2, 0) is 10.3 Å². The fourth-order valence-corrected chi connectivity index (χ4v) is 2.46. The van der Waals surface area contributed by atoms with Crippen molar-refractivity contribution in [3.05, 3.63) is 33.6 Å². The van der Waals surface area contributed by atoms with E-state index in [2.05, 4.69) is 15.6 Å². The standard InChI is InChI=1S/C12H12Cl2FN3O/c1-3-16-11-17-10(19)12(2,18-11)6-4-9(15)8(14)5-7(6)13/h4-5H,3H2,1-2H3,(H2,16,17,18,19). The van der Waals surface area contributed by atoms with Gasteiger partial charge in [-0.3, -0.25) is 15.1 Å². The Balaban J connectivity index is 2.49. The first kappa shape index (κ1) is 14.1. The summed E-state index contributed by atoms with van der Waals surface area (Å²) in [7, 11) is 0. The third-order valence-electron chi connectivity index (χ3n) is 2.92. The number of rotatable bonds is 2. The summed E-state index contributed by atoms with van der Waals surface area (Å²) in [5.74, 6) is -0.623. The monoisotopic (exact) mass is 303 g/mol. The molecule has 1 aliphatic heterocycles. The summed E-state index contributed by atoms with van der Waals surface area (Å²) in [5.41, 5.74) is -0.855. The van der Waals surface area contributed by atoms with Gasteiger partial charge >= 0.3 is 0 Å². The molecule has 1 saturated heterocycles. The van der Waals surface area contributed by atoms with Crippen LogP contribution < -0.4 is 10.6 Å². The van der Waals surface area contributed by atoms with Crippen LogP contribution in [0, 0.1) is 5.82 Å². The highest BCUT2D eigenvalue weighted by atomic mass is 35.5. The molecule has 1 fully saturated rings. The van der Waals surface area contributed by atoms with Crippen LogP contribution in [0.3, 0.4) is 0 Å². The molecule has 4 nitrogen and oxygen atoms in total. The van der Waals surface area contributed by atoms with E-state index in [9.17, 15) is 9.18 Å². The number of hydrogen-bond donors (Lipinski definition) is 2. The quantitative estimate of drug-likeness (QED) is 0.825. The van der Waals surface area contributed by atoms with Gasteiger partial charge in [-0.1, -0.05) is 23.2 Å². The summed E-state index contributed by atoms with van der Waals surface area (Å²) in [6, 6.07) is 2.44. The van der Waals surface area contributed by atoms with E-state index in [0.717, 1.165) is 6.07 Å². The second-order valence-corrected chi connectivity index (χ2v) is 5.09. The van der Waals surface area contributed by atoms with Crippen molar-refractivity contribution in [2.75, 3.05) is 6.54 Å². The highest BCUT2D eigenvalue weighted by molar-refractivity contribution is 6.35. The Labute approximate surface area is 120 Å². The van der Waals surface area contributed by atoms with Crippen LogP contribution in [0.2, 0.25) is 10.0 Å². The van der Waals surface area contributed by atoms with Crippen molar-refractivity contribution in [2.24, 2.45) is 4.99 Å². The summed E-state index contributed by atoms with van der Waals surface area (Å²) >= 11 is 11.7. The highest BCUT2D eigenvalue weighted by Crippen LogP contribution is 2.33. The van der Waals surface area contributed by atoms with E-state index in [0.29, 0.717) is 18.1 Å². The van der Waals surface area contributed by atoms with Crippen molar-refractivity contribution in [3.63, 3.8) is 0 Å². The molecule has 1 atom stereocenters. The summed E-state index contributed by atoms with van der Waals surface area (Å²) in [5, 5.41) is 5.64. The van der Waals surface area contributed by atoms with E-state index in [-0.39, 0.29) is 16.0 Å². The molecule has 1 heterocycles. The van der Waals surface area contributed by atoms with Gasteiger partial charge in [0.1, 0.15) is 11.4 Å². The molecule has 1 unspecified atom stereocenters. The maximum Gasteiger partial charge on any atom is 0.256 e. The van der Waals surface area contributed by atoms with Crippen molar-refractivity contribution in [2.45, 2.75) is 19.4 Å². The molecular weight excluding hydrogens is 292 g/mol. The molecule has 1 aliphatic rings. The average Bonchev–Trinajstić information content (AvgIpc) is 2.61. The fourth-order valence-electron chi connectivity index (χ4n) is 1.89. The maximum absolute atomic E-state index is 13.6. The van der Waals surface area contributed by atoms with Gasteiger partial charge < -0.3 is 5.32 Å². The van der Waals surface area contributed by atoms with Crippen molar-refractivity contribution >= 4 is 35.1 Å². The first-order chi connectivity index (χ1) is 8.88. The van der Waals surface area contributed by atoms with Crippen LogP contribution in [0.1, 0.15) is 19.4 Å². The van der Waals surface area contributed by atoms with Gasteiger partial charge in [0.25, 0.3) is 5.91 Å². The Morgan fingerprint density at radius 3 is 2.68 bits per heavy atom. The van der Waals surface area contributed by atoms with Gasteiger partial charge in [0, 0.05) is 17.1 Å². The topological polar surface area (TPSA) is 53.5 Å². The summed E-state index contributed by atoms with van der Waals surface area (Å²) < 4.78 is 13.6. The van der Waals surface area contributed by atoms with Gasteiger partial charge in [-0.2, -0.15) is 0 Å². The lowest BCUT2D eigenvalue weighted by molar-refractivity contribution is -0.123. The summed E-state index contributed by atoms with van der Waals surface area (Å²) in [6.07, 6.45) is 0. The van der Waals surface area contributed by atoms with Gasteiger partial charge in [-0.05, 0) is 26.0 Å². The summed E-state index contributed by atoms with van der Waals surface area (Å²) in [4.78, 5) is 16.1. The molecule has 7 heteroatoms. The van der Waals surface area contributed by atoms with Gasteiger partial charge in [-0.25, -0.2) is 4.39 Å². The number of nitrogens with one attached hydrogen (secondary N) is 2. The molecule has 0 saturated carbocycles. The number of guanidine groups is 1.